The average molecular weight is 912 g/mol. The van der Waals surface area contributed by atoms with Gasteiger partial charge in [0.05, 0.1) is 31.8 Å². The van der Waals surface area contributed by atoms with E-state index < -0.39 is 139 Å². The van der Waals surface area contributed by atoms with Crippen LogP contribution in [0.15, 0.2) is 48.5 Å². The number of nitrogens with zero attached hydrogens (tertiary/aromatic N) is 5. The molecule has 26 nitrogen and oxygen atoms in total. The Bertz CT molecular complexity index is 2460. The van der Waals surface area contributed by atoms with Crippen molar-refractivity contribution in [3.63, 3.8) is 0 Å². The van der Waals surface area contributed by atoms with Gasteiger partial charge in [0.1, 0.15) is 54.0 Å². The minimum absolute atomic E-state index is 0.0446. The van der Waals surface area contributed by atoms with Crippen LogP contribution in [0.25, 0.3) is 0 Å². The zero-order chi connectivity index (χ0) is 46.9. The molecule has 4 heterocycles. The number of nitro benzene ring substituents is 4. The second-order valence-corrected chi connectivity index (χ2v) is 14.8. The summed E-state index contributed by atoms with van der Waals surface area (Å²) < 4.78 is 52.0. The molecule has 4 aliphatic heterocycles. The molecular weight excluding hydrogens is 874 g/mol. The fourth-order valence-electron chi connectivity index (χ4n) is 8.17. The van der Waals surface area contributed by atoms with Crippen molar-refractivity contribution in [2.75, 3.05) is 41.3 Å². The van der Waals surface area contributed by atoms with Gasteiger partial charge in [0.15, 0.2) is 17.8 Å². The van der Waals surface area contributed by atoms with Crippen LogP contribution in [0.4, 0.5) is 22.7 Å². The summed E-state index contributed by atoms with van der Waals surface area (Å²) in [6.45, 7) is -0.991. The highest BCUT2D eigenvalue weighted by Gasteiger charge is 2.52. The predicted octanol–water partition coefficient (Wildman–Crippen LogP) is 3.07. The molecule has 0 radical (unpaired) electrons. The summed E-state index contributed by atoms with van der Waals surface area (Å²) in [6.07, 6.45) is -11.0. The molecule has 4 aliphatic rings. The maximum atomic E-state index is 14.8. The van der Waals surface area contributed by atoms with Crippen LogP contribution in [0.5, 0.6) is 11.5 Å². The van der Waals surface area contributed by atoms with Crippen molar-refractivity contribution < 1.29 is 81.5 Å². The first-order valence-corrected chi connectivity index (χ1v) is 19.4. The minimum atomic E-state index is -2.06. The SMILES string of the molecule is CO[C@@H]1[C@@H](OC)[C@H](O[C@@H]2CC(=O)[C@@H]3CCN(Cc4cc5c(cc43)OCO5)C(=O)[C@H]2OC(=O)c2ccc([N+](=O)[O-])cc2[N+](=O)[O-])O[C@H](COC(=O)c2ccc([N+](=O)[O-])cc2[N+](=O)[O-])[C@H]1OC. The number of nitro groups is 4. The van der Waals surface area contributed by atoms with Gasteiger partial charge in [-0.3, -0.25) is 50.0 Å². The van der Waals surface area contributed by atoms with E-state index in [1.165, 1.54) is 26.2 Å². The Labute approximate surface area is 364 Å². The fraction of sp³-hybridized carbons (Fsp3) is 0.436. The van der Waals surface area contributed by atoms with E-state index in [2.05, 4.69) is 0 Å². The molecule has 1 amide bonds. The van der Waals surface area contributed by atoms with Crippen LogP contribution >= 0.6 is 0 Å². The van der Waals surface area contributed by atoms with Gasteiger partial charge in [-0.25, -0.2) is 9.59 Å². The van der Waals surface area contributed by atoms with Gasteiger partial charge in [0.2, 0.25) is 12.9 Å². The summed E-state index contributed by atoms with van der Waals surface area (Å²) in [5, 5.41) is 46.5. The van der Waals surface area contributed by atoms with Crippen molar-refractivity contribution in [1.82, 2.24) is 4.90 Å². The number of amides is 1. The molecule has 8 atom stereocenters. The number of carbonyl (C=O) groups is 4. The zero-order valence-corrected chi connectivity index (χ0v) is 34.3. The highest BCUT2D eigenvalue weighted by Crippen LogP contribution is 2.42. The zero-order valence-electron chi connectivity index (χ0n) is 34.3. The highest BCUT2D eigenvalue weighted by atomic mass is 16.7. The highest BCUT2D eigenvalue weighted by molar-refractivity contribution is 5.97. The van der Waals surface area contributed by atoms with Gasteiger partial charge in [0, 0.05) is 58.9 Å². The molecule has 7 rings (SSSR count). The summed E-state index contributed by atoms with van der Waals surface area (Å²) >= 11 is 0. The number of ketones is 1. The molecule has 26 heteroatoms. The molecule has 344 valence electrons. The number of methoxy groups -OCH3 is 3. The van der Waals surface area contributed by atoms with Crippen LogP contribution in [-0.4, -0.2) is 132 Å². The Morgan fingerprint density at radius 3 is 1.91 bits per heavy atom. The van der Waals surface area contributed by atoms with E-state index >= 15 is 0 Å². The Morgan fingerprint density at radius 1 is 0.754 bits per heavy atom. The third kappa shape index (κ3) is 9.09. The van der Waals surface area contributed by atoms with E-state index in [0.717, 1.165) is 24.3 Å². The summed E-state index contributed by atoms with van der Waals surface area (Å²) in [5.41, 5.74) is -3.67. The van der Waals surface area contributed by atoms with Crippen LogP contribution in [-0.2, 0) is 49.3 Å². The molecule has 0 unspecified atom stereocenters. The molecule has 0 aliphatic carbocycles. The number of rotatable bonds is 14. The van der Waals surface area contributed by atoms with E-state index in [9.17, 15) is 59.6 Å². The Kier molecular flexibility index (Phi) is 13.3. The van der Waals surface area contributed by atoms with Gasteiger partial charge < -0.3 is 47.5 Å². The van der Waals surface area contributed by atoms with Gasteiger partial charge in [-0.15, -0.1) is 0 Å². The Balaban J connectivity index is 1.25. The number of ether oxygens (including phenoxy) is 9. The monoisotopic (exact) mass is 911 g/mol. The summed E-state index contributed by atoms with van der Waals surface area (Å²) in [5.74, 6) is -4.32. The molecule has 65 heavy (non-hydrogen) atoms. The van der Waals surface area contributed by atoms with Crippen LogP contribution in [0, 0.1) is 40.5 Å². The van der Waals surface area contributed by atoms with Crippen LogP contribution < -0.4 is 9.47 Å². The lowest BCUT2D eigenvalue weighted by molar-refractivity contribution is -0.394. The van der Waals surface area contributed by atoms with Gasteiger partial charge in [-0.05, 0) is 41.8 Å². The van der Waals surface area contributed by atoms with E-state index in [1.54, 1.807) is 12.1 Å². The molecule has 0 N–H and O–H groups in total. The minimum Gasteiger partial charge on any atom is -0.459 e. The maximum absolute atomic E-state index is 14.8. The molecule has 2 bridgehead atoms. The summed E-state index contributed by atoms with van der Waals surface area (Å²) in [6, 6.07) is 7.72. The van der Waals surface area contributed by atoms with Gasteiger partial charge in [0.25, 0.3) is 28.7 Å². The smallest absolute Gasteiger partial charge is 0.346 e. The van der Waals surface area contributed by atoms with E-state index in [0.29, 0.717) is 34.8 Å². The lowest BCUT2D eigenvalue weighted by Crippen LogP contribution is -2.62. The molecule has 2 saturated heterocycles. The van der Waals surface area contributed by atoms with Gasteiger partial charge in [-0.1, -0.05) is 0 Å². The van der Waals surface area contributed by atoms with Gasteiger partial charge >= 0.3 is 11.9 Å². The van der Waals surface area contributed by atoms with Crippen molar-refractivity contribution in [1.29, 1.82) is 0 Å². The number of esters is 2. The number of benzene rings is 3. The normalized spacial score (nSPS) is 24.8. The Morgan fingerprint density at radius 2 is 1.34 bits per heavy atom. The van der Waals surface area contributed by atoms with Crippen molar-refractivity contribution in [3.05, 3.63) is 111 Å². The first kappa shape index (κ1) is 45.8. The van der Waals surface area contributed by atoms with Crippen molar-refractivity contribution >= 4 is 46.4 Å². The van der Waals surface area contributed by atoms with E-state index in [1.807, 2.05) is 0 Å². The first-order valence-electron chi connectivity index (χ1n) is 19.4. The van der Waals surface area contributed by atoms with Crippen LogP contribution in [0.3, 0.4) is 0 Å². The number of hydrogen-bond acceptors (Lipinski definition) is 21. The lowest BCUT2D eigenvalue weighted by atomic mass is 9.86. The maximum Gasteiger partial charge on any atom is 0.346 e. The number of carbonyl (C=O) groups excluding carboxylic acids is 4. The molecule has 0 aromatic heterocycles. The average Bonchev–Trinajstić information content (AvgIpc) is 3.67. The molecule has 3 aromatic rings. The number of non-ortho nitro benzene ring substituents is 2. The van der Waals surface area contributed by atoms with E-state index in [4.69, 9.17) is 42.6 Å². The topological polar surface area (TPSA) is 327 Å². The third-order valence-electron chi connectivity index (χ3n) is 11.3. The van der Waals surface area contributed by atoms with Crippen molar-refractivity contribution in [2.24, 2.45) is 0 Å². The molecule has 3 aromatic carbocycles. The van der Waals surface area contributed by atoms with Crippen molar-refractivity contribution in [2.45, 2.75) is 68.2 Å². The first-order chi connectivity index (χ1) is 31.0. The number of fused-ring (bicyclic) bond motifs is 6. The summed E-state index contributed by atoms with van der Waals surface area (Å²) in [4.78, 5) is 101. The van der Waals surface area contributed by atoms with Crippen LogP contribution in [0.2, 0.25) is 0 Å². The molecule has 0 spiro atoms. The quantitative estimate of drug-likeness (QED) is 0.127. The second kappa shape index (κ2) is 18.8. The second-order valence-electron chi connectivity index (χ2n) is 14.8. The Hall–Kier alpha value is -7.26. The molecule has 2 fully saturated rings. The predicted molar refractivity (Wildman–Crippen MR) is 210 cm³/mol. The standard InChI is InChI=1S/C39H37N5O21/c1-57-32-31(16-60-37(47)22-6-4-19(41(49)50)11-25(22)43(53)54)64-39(35(59-3)34(32)58-2)63-30-14-27(45)21-8-9-40(15-18-10-28-29(13-24(18)21)62-17-61-28)36(46)33(30)65-38(48)23-7-5-20(42(51)52)12-26(23)44(55)56/h4-7,10-13,21,30-35,39H,8-9,14-17H2,1-3H3/t21-,30-,31-,32-,33+,34+,35-,39-/m1/s1. The largest absolute Gasteiger partial charge is 0.459 e. The number of hydrogen-bond donors (Lipinski definition) is 0. The molecular formula is C39H37N5O21. The summed E-state index contributed by atoms with van der Waals surface area (Å²) in [7, 11) is 3.75. The van der Waals surface area contributed by atoms with E-state index in [-0.39, 0.29) is 26.3 Å². The molecule has 0 saturated carbocycles. The lowest BCUT2D eigenvalue weighted by Gasteiger charge is -2.45. The number of Topliss-reactive ketones (excluding diaryl/α,β-unsaturated/α-hetero) is 1. The fourth-order valence-corrected chi connectivity index (χ4v) is 8.17. The van der Waals surface area contributed by atoms with Crippen LogP contribution in [0.1, 0.15) is 50.6 Å². The van der Waals surface area contributed by atoms with Gasteiger partial charge in [-0.2, -0.15) is 0 Å². The van der Waals surface area contributed by atoms with Crippen molar-refractivity contribution in [3.8, 4) is 11.5 Å². The third-order valence-corrected chi connectivity index (χ3v) is 11.3.